The molecule has 70 valence electrons. The smallest absolute Gasteiger partial charge is 0.207 e. The molecule has 0 heterocycles. The van der Waals surface area contributed by atoms with Gasteiger partial charge in [0, 0.05) is 5.56 Å². The molecule has 0 atom stereocenters. The Balaban J connectivity index is 3.24. The van der Waals surface area contributed by atoms with Crippen molar-refractivity contribution >= 4 is 16.1 Å². The molecule has 1 rings (SSSR count). The second-order valence-electron chi connectivity index (χ2n) is 2.41. The minimum absolute atomic E-state index is 0.167. The van der Waals surface area contributed by atoms with Crippen LogP contribution >= 0.6 is 0 Å². The van der Waals surface area contributed by atoms with E-state index in [0.717, 1.165) is 6.07 Å². The topological polar surface area (TPSA) is 51.2 Å². The molecule has 0 saturated heterocycles. The number of benzene rings is 1. The Morgan fingerprint density at radius 1 is 1.38 bits per heavy atom. The van der Waals surface area contributed by atoms with Gasteiger partial charge in [0.15, 0.2) is 6.01 Å². The van der Waals surface area contributed by atoms with Gasteiger partial charge in [0.25, 0.3) is 0 Å². The van der Waals surface area contributed by atoms with E-state index >= 15 is 0 Å². The minimum atomic E-state index is -3.86. The SMILES string of the molecule is O=Cc1cccc(S(=O)(=O)CF)c1. The summed E-state index contributed by atoms with van der Waals surface area (Å²) in [7, 11) is -3.86. The first-order valence-electron chi connectivity index (χ1n) is 3.44. The molecule has 0 aliphatic rings. The van der Waals surface area contributed by atoms with Crippen molar-refractivity contribution < 1.29 is 17.6 Å². The standard InChI is InChI=1S/C8H7FO3S/c9-6-13(11,12)8-3-1-2-7(4-8)5-10/h1-5H,6H2. The average molecular weight is 202 g/mol. The molecule has 0 aliphatic carbocycles. The van der Waals surface area contributed by atoms with E-state index in [9.17, 15) is 17.6 Å². The first kappa shape index (κ1) is 9.85. The van der Waals surface area contributed by atoms with Gasteiger partial charge in [0.1, 0.15) is 6.29 Å². The monoisotopic (exact) mass is 202 g/mol. The lowest BCUT2D eigenvalue weighted by Gasteiger charge is -1.98. The third kappa shape index (κ3) is 2.12. The van der Waals surface area contributed by atoms with Crippen molar-refractivity contribution in [2.24, 2.45) is 0 Å². The van der Waals surface area contributed by atoms with Gasteiger partial charge in [0.05, 0.1) is 4.90 Å². The van der Waals surface area contributed by atoms with E-state index in [-0.39, 0.29) is 10.5 Å². The molecule has 0 aliphatic heterocycles. The van der Waals surface area contributed by atoms with E-state index < -0.39 is 15.8 Å². The molecule has 0 unspecified atom stereocenters. The number of hydrogen-bond donors (Lipinski definition) is 0. The third-order valence-electron chi connectivity index (χ3n) is 1.50. The first-order chi connectivity index (χ1) is 6.10. The lowest BCUT2D eigenvalue weighted by atomic mass is 10.2. The van der Waals surface area contributed by atoms with Gasteiger partial charge in [-0.2, -0.15) is 0 Å². The maximum absolute atomic E-state index is 12.0. The third-order valence-corrected chi connectivity index (χ3v) is 2.76. The number of aldehydes is 1. The van der Waals surface area contributed by atoms with Gasteiger partial charge in [-0.15, -0.1) is 0 Å². The number of alkyl halides is 1. The van der Waals surface area contributed by atoms with Crippen molar-refractivity contribution in [2.45, 2.75) is 4.90 Å². The lowest BCUT2D eigenvalue weighted by molar-refractivity contribution is 0.112. The summed E-state index contributed by atoms with van der Waals surface area (Å²) in [5.74, 6) is 0. The predicted octanol–water partition coefficient (Wildman–Crippen LogP) is 1.20. The average Bonchev–Trinajstić information content (AvgIpc) is 2.18. The highest BCUT2D eigenvalue weighted by molar-refractivity contribution is 7.91. The van der Waals surface area contributed by atoms with E-state index in [1.807, 2.05) is 0 Å². The van der Waals surface area contributed by atoms with Crippen LogP contribution in [0.2, 0.25) is 0 Å². The molecule has 13 heavy (non-hydrogen) atoms. The van der Waals surface area contributed by atoms with E-state index in [2.05, 4.69) is 0 Å². The number of sulfone groups is 1. The largest absolute Gasteiger partial charge is 0.298 e. The molecule has 0 fully saturated rings. The Labute approximate surface area is 75.1 Å². The van der Waals surface area contributed by atoms with Crippen LogP contribution in [0.25, 0.3) is 0 Å². The summed E-state index contributed by atoms with van der Waals surface area (Å²) in [5.41, 5.74) is 0.217. The van der Waals surface area contributed by atoms with Crippen molar-refractivity contribution in [2.75, 3.05) is 6.01 Å². The van der Waals surface area contributed by atoms with Gasteiger partial charge < -0.3 is 0 Å². The highest BCUT2D eigenvalue weighted by Gasteiger charge is 2.13. The number of carbonyl (C=O) groups excluding carboxylic acids is 1. The van der Waals surface area contributed by atoms with Crippen LogP contribution in [-0.2, 0) is 9.84 Å². The second kappa shape index (κ2) is 3.66. The van der Waals surface area contributed by atoms with Crippen molar-refractivity contribution in [1.29, 1.82) is 0 Å². The Morgan fingerprint density at radius 3 is 2.62 bits per heavy atom. The first-order valence-corrected chi connectivity index (χ1v) is 5.09. The van der Waals surface area contributed by atoms with Crippen LogP contribution in [0.5, 0.6) is 0 Å². The fourth-order valence-electron chi connectivity index (χ4n) is 0.844. The van der Waals surface area contributed by atoms with Crippen molar-refractivity contribution in [3.05, 3.63) is 29.8 Å². The van der Waals surface area contributed by atoms with Gasteiger partial charge in [-0.1, -0.05) is 12.1 Å². The Hall–Kier alpha value is -1.23. The molecule has 5 heteroatoms. The lowest BCUT2D eigenvalue weighted by Crippen LogP contribution is -2.02. The fraction of sp³-hybridized carbons (Fsp3) is 0.125. The summed E-state index contributed by atoms with van der Waals surface area (Å²) in [5, 5.41) is 0. The quantitative estimate of drug-likeness (QED) is 0.692. The molecular formula is C8H7FO3S. The number of carbonyl (C=O) groups is 1. The van der Waals surface area contributed by atoms with Crippen molar-refractivity contribution in [1.82, 2.24) is 0 Å². The fourth-order valence-corrected chi connectivity index (χ4v) is 1.57. The zero-order valence-corrected chi connectivity index (χ0v) is 7.42. The molecule has 0 bridgehead atoms. The minimum Gasteiger partial charge on any atom is -0.298 e. The molecule has 3 nitrogen and oxygen atoms in total. The van der Waals surface area contributed by atoms with E-state index in [0.29, 0.717) is 6.29 Å². The highest BCUT2D eigenvalue weighted by atomic mass is 32.2. The van der Waals surface area contributed by atoms with Gasteiger partial charge in [-0.05, 0) is 12.1 Å². The molecular weight excluding hydrogens is 195 g/mol. The maximum Gasteiger partial charge on any atom is 0.207 e. The molecule has 0 spiro atoms. The van der Waals surface area contributed by atoms with Crippen LogP contribution in [-0.4, -0.2) is 20.7 Å². The van der Waals surface area contributed by atoms with Crippen LogP contribution in [0.3, 0.4) is 0 Å². The molecule has 1 aromatic carbocycles. The van der Waals surface area contributed by atoms with Crippen molar-refractivity contribution in [3.8, 4) is 0 Å². The number of hydrogen-bond acceptors (Lipinski definition) is 3. The van der Waals surface area contributed by atoms with Crippen LogP contribution in [0.15, 0.2) is 29.2 Å². The summed E-state index contributed by atoms with van der Waals surface area (Å²) in [4.78, 5) is 10.1. The van der Waals surface area contributed by atoms with Gasteiger partial charge in [0.2, 0.25) is 9.84 Å². The Morgan fingerprint density at radius 2 is 2.08 bits per heavy atom. The van der Waals surface area contributed by atoms with E-state index in [1.165, 1.54) is 18.2 Å². The van der Waals surface area contributed by atoms with Gasteiger partial charge >= 0.3 is 0 Å². The molecule has 0 radical (unpaired) electrons. The molecule has 0 saturated carbocycles. The Kier molecular flexibility index (Phi) is 2.77. The molecule has 0 amide bonds. The Bertz CT molecular complexity index is 411. The summed E-state index contributed by atoms with van der Waals surface area (Å²) < 4.78 is 34.0. The summed E-state index contributed by atoms with van der Waals surface area (Å²) >= 11 is 0. The summed E-state index contributed by atoms with van der Waals surface area (Å²) in [6.07, 6.45) is 0.511. The van der Waals surface area contributed by atoms with Crippen LogP contribution in [0, 0.1) is 0 Å². The zero-order chi connectivity index (χ0) is 9.90. The maximum atomic E-state index is 12.0. The zero-order valence-electron chi connectivity index (χ0n) is 6.60. The van der Waals surface area contributed by atoms with Crippen LogP contribution in [0.4, 0.5) is 4.39 Å². The summed E-state index contributed by atoms with van der Waals surface area (Å²) in [6, 6.07) is 3.79. The normalized spacial score (nSPS) is 11.2. The van der Waals surface area contributed by atoms with Gasteiger partial charge in [-0.25, -0.2) is 12.8 Å². The summed E-state index contributed by atoms with van der Waals surface area (Å²) in [6.45, 7) is 0. The number of halogens is 1. The van der Waals surface area contributed by atoms with Crippen LogP contribution in [0.1, 0.15) is 10.4 Å². The second-order valence-corrected chi connectivity index (χ2v) is 4.33. The molecule has 0 N–H and O–H groups in total. The van der Waals surface area contributed by atoms with E-state index in [4.69, 9.17) is 0 Å². The molecule has 0 aromatic heterocycles. The molecule has 1 aromatic rings. The predicted molar refractivity (Wildman–Crippen MR) is 45.0 cm³/mol. The number of rotatable bonds is 3. The van der Waals surface area contributed by atoms with Crippen LogP contribution < -0.4 is 0 Å². The van der Waals surface area contributed by atoms with Gasteiger partial charge in [-0.3, -0.25) is 4.79 Å². The van der Waals surface area contributed by atoms with Crippen molar-refractivity contribution in [3.63, 3.8) is 0 Å². The highest BCUT2D eigenvalue weighted by Crippen LogP contribution is 2.12. The van der Waals surface area contributed by atoms with E-state index in [1.54, 1.807) is 0 Å².